The fourth-order valence-corrected chi connectivity index (χ4v) is 8.37. The number of esters is 1. The van der Waals surface area contributed by atoms with Crippen molar-refractivity contribution in [3.05, 3.63) is 74.3 Å². The summed E-state index contributed by atoms with van der Waals surface area (Å²) in [7, 11) is 0. The van der Waals surface area contributed by atoms with Gasteiger partial charge in [0.15, 0.2) is 5.60 Å². The number of Topliss-reactive ketones (excluding diaryl/α,β-unsaturated/α-hetero) is 1. The minimum Gasteiger partial charge on any atom is -0.458 e. The molecule has 21 nitrogen and oxygen atoms in total. The Morgan fingerprint density at radius 1 is 0.871 bits per heavy atom. The van der Waals surface area contributed by atoms with Gasteiger partial charge in [-0.1, -0.05) is 27.2 Å². The number of halogens is 1. The van der Waals surface area contributed by atoms with Crippen molar-refractivity contribution in [3.8, 4) is 11.4 Å². The predicted molar refractivity (Wildman–Crippen MR) is 246 cm³/mol. The third kappa shape index (κ3) is 12.3. The summed E-state index contributed by atoms with van der Waals surface area (Å²) >= 11 is 0. The maximum atomic E-state index is 14.9. The molecule has 6 rings (SSSR count). The number of hydrogen-bond donors (Lipinski definition) is 6. The highest BCUT2D eigenvalue weighted by atomic mass is 19.1. The van der Waals surface area contributed by atoms with Gasteiger partial charge in [0.2, 0.25) is 29.5 Å². The maximum absolute atomic E-state index is 14.9. The lowest BCUT2D eigenvalue weighted by Crippen LogP contribution is -2.51. The number of hydrogen-bond acceptors (Lipinski definition) is 14. The number of aromatic nitrogens is 2. The van der Waals surface area contributed by atoms with Crippen molar-refractivity contribution in [2.75, 3.05) is 33.0 Å². The number of nitrogens with one attached hydrogen (secondary N) is 5. The SMILES string of the molecule is CC[C@@]1(O)C(=O)OCc2c1cc1n(c2=O)Cc2c-1nc1cc(F)c(C)cc1c2CNC(=O)COCNC(=O)CNC(=O)[C@H](CC(C)C)NC(=O)CNC(=O)CCC(=O)CCCCCN1C(=O)C=CC1=O. The van der Waals surface area contributed by atoms with Gasteiger partial charge < -0.3 is 45.7 Å². The summed E-state index contributed by atoms with van der Waals surface area (Å²) in [5.41, 5.74) is 0.0294. The van der Waals surface area contributed by atoms with Crippen LogP contribution in [0.15, 0.2) is 35.1 Å². The summed E-state index contributed by atoms with van der Waals surface area (Å²) in [5.74, 6) is -5.40. The van der Waals surface area contributed by atoms with Crippen LogP contribution in [0.5, 0.6) is 0 Å². The highest BCUT2D eigenvalue weighted by Gasteiger charge is 2.45. The van der Waals surface area contributed by atoms with Crippen molar-refractivity contribution in [3.63, 3.8) is 0 Å². The molecule has 374 valence electrons. The van der Waals surface area contributed by atoms with Crippen molar-refractivity contribution in [1.29, 1.82) is 0 Å². The van der Waals surface area contributed by atoms with E-state index in [9.17, 15) is 57.4 Å². The summed E-state index contributed by atoms with van der Waals surface area (Å²) in [6, 6.07) is 3.34. The molecule has 0 fully saturated rings. The molecular weight excluding hydrogens is 916 g/mol. The smallest absolute Gasteiger partial charge is 0.343 e. The zero-order chi connectivity index (χ0) is 50.9. The Bertz CT molecular complexity index is 2700. The lowest BCUT2D eigenvalue weighted by Gasteiger charge is -2.31. The monoisotopic (exact) mass is 972 g/mol. The summed E-state index contributed by atoms with van der Waals surface area (Å²) < 4.78 is 26.8. The number of fused-ring (bicyclic) bond motifs is 5. The molecule has 0 unspecified atom stereocenters. The van der Waals surface area contributed by atoms with Gasteiger partial charge in [0, 0.05) is 67.1 Å². The number of carbonyl (C=O) groups is 9. The van der Waals surface area contributed by atoms with Crippen LogP contribution >= 0.6 is 0 Å². The average molecular weight is 973 g/mol. The first-order valence-electron chi connectivity index (χ1n) is 23.1. The van der Waals surface area contributed by atoms with E-state index >= 15 is 0 Å². The van der Waals surface area contributed by atoms with E-state index in [0.717, 1.165) is 4.90 Å². The quantitative estimate of drug-likeness (QED) is 0.0246. The van der Waals surface area contributed by atoms with Gasteiger partial charge in [0.05, 0.1) is 42.1 Å². The molecule has 3 aliphatic rings. The van der Waals surface area contributed by atoms with Crippen molar-refractivity contribution in [1.82, 2.24) is 41.0 Å². The molecule has 6 N–H and O–H groups in total. The average Bonchev–Trinajstić information content (AvgIpc) is 3.85. The molecule has 7 amide bonds. The van der Waals surface area contributed by atoms with Gasteiger partial charge in [-0.15, -0.1) is 0 Å². The Labute approximate surface area is 401 Å². The lowest BCUT2D eigenvalue weighted by atomic mass is 9.86. The number of aliphatic hydroxyl groups is 1. The molecule has 1 aromatic carbocycles. The van der Waals surface area contributed by atoms with Crippen molar-refractivity contribution in [2.45, 2.75) is 110 Å². The molecule has 0 saturated carbocycles. The van der Waals surface area contributed by atoms with Crippen LogP contribution in [0, 0.1) is 18.7 Å². The number of carbonyl (C=O) groups excluding carboxylic acids is 9. The first kappa shape index (κ1) is 52.2. The summed E-state index contributed by atoms with van der Waals surface area (Å²) in [6.07, 6.45) is 4.34. The third-order valence-corrected chi connectivity index (χ3v) is 12.2. The van der Waals surface area contributed by atoms with Gasteiger partial charge in [-0.3, -0.25) is 48.1 Å². The summed E-state index contributed by atoms with van der Waals surface area (Å²) in [6.45, 7) is 4.87. The van der Waals surface area contributed by atoms with E-state index in [1.54, 1.807) is 19.9 Å². The van der Waals surface area contributed by atoms with Gasteiger partial charge in [-0.2, -0.15) is 0 Å². The Morgan fingerprint density at radius 3 is 2.31 bits per heavy atom. The molecule has 70 heavy (non-hydrogen) atoms. The molecule has 22 heteroatoms. The maximum Gasteiger partial charge on any atom is 0.343 e. The number of imide groups is 1. The van der Waals surface area contributed by atoms with Gasteiger partial charge >= 0.3 is 5.97 Å². The fraction of sp³-hybridized carbons (Fsp3) is 0.479. The Kier molecular flexibility index (Phi) is 17.1. The van der Waals surface area contributed by atoms with E-state index in [1.807, 2.05) is 13.8 Å². The minimum absolute atomic E-state index is 0.0337. The van der Waals surface area contributed by atoms with Crippen molar-refractivity contribution >= 4 is 64.0 Å². The second kappa shape index (κ2) is 22.9. The number of nitrogens with zero attached hydrogens (tertiary/aromatic N) is 3. The van der Waals surface area contributed by atoms with Gasteiger partial charge in [-0.05, 0) is 61.8 Å². The minimum atomic E-state index is -2.05. The van der Waals surface area contributed by atoms with Gasteiger partial charge in [-0.25, -0.2) is 14.2 Å². The number of pyridine rings is 2. The molecule has 3 aromatic rings. The van der Waals surface area contributed by atoms with Crippen LogP contribution in [0.25, 0.3) is 22.3 Å². The molecule has 2 atom stereocenters. The van der Waals surface area contributed by atoms with Crippen LogP contribution in [0.4, 0.5) is 4.39 Å². The standard InChI is InChI=1S/C48H57FN8O13/c1-5-48(68)33-17-37-44-31(22-57(37)46(66)32(33)23-70-47(48)67)30(29-16-27(4)34(49)18-35(29)55-44)19-50-41(62)24-69-25-53-39(60)20-52-45(65)36(15-26(2)3)54-40(61)21-51-38(59)11-10-28(58)9-7-6-8-14-56-42(63)12-13-43(56)64/h12-13,16-18,26,36,68H,5-11,14-15,19-25H2,1-4H3,(H,50,62)(H,51,59)(H,52,65)(H,53,60)(H,54,61)/t36-,48-/m0/s1. The predicted octanol–water partition coefficient (Wildman–Crippen LogP) is 0.832. The molecule has 0 bridgehead atoms. The zero-order valence-corrected chi connectivity index (χ0v) is 39.4. The largest absolute Gasteiger partial charge is 0.458 e. The van der Waals surface area contributed by atoms with Gasteiger partial charge in [0.25, 0.3) is 17.4 Å². The van der Waals surface area contributed by atoms with Crippen LogP contribution in [0.1, 0.15) is 100.0 Å². The molecule has 2 aromatic heterocycles. The van der Waals surface area contributed by atoms with E-state index in [4.69, 9.17) is 14.5 Å². The van der Waals surface area contributed by atoms with Crippen molar-refractivity contribution in [2.24, 2.45) is 5.92 Å². The van der Waals surface area contributed by atoms with Crippen molar-refractivity contribution < 1.29 is 62.1 Å². The van der Waals surface area contributed by atoms with E-state index in [1.165, 1.54) is 28.9 Å². The van der Waals surface area contributed by atoms with Crippen LogP contribution in [-0.2, 0) is 77.9 Å². The first-order valence-corrected chi connectivity index (χ1v) is 23.1. The fourth-order valence-electron chi connectivity index (χ4n) is 8.37. The lowest BCUT2D eigenvalue weighted by molar-refractivity contribution is -0.172. The number of rotatable bonds is 24. The Hall–Kier alpha value is -7.20. The van der Waals surface area contributed by atoms with Crippen LogP contribution in [-0.4, -0.2) is 112 Å². The third-order valence-electron chi connectivity index (χ3n) is 12.2. The number of benzene rings is 1. The summed E-state index contributed by atoms with van der Waals surface area (Å²) in [5, 5.41) is 24.4. The van der Waals surface area contributed by atoms with E-state index in [0.29, 0.717) is 52.7 Å². The molecule has 0 saturated heterocycles. The van der Waals surface area contributed by atoms with E-state index in [-0.39, 0.29) is 98.5 Å². The second-order valence-corrected chi connectivity index (χ2v) is 17.8. The molecule has 0 radical (unpaired) electrons. The molecule has 5 heterocycles. The number of ether oxygens (including phenoxy) is 2. The van der Waals surface area contributed by atoms with Crippen LogP contribution in [0.3, 0.4) is 0 Å². The topological polar surface area (TPSA) is 291 Å². The van der Waals surface area contributed by atoms with E-state index in [2.05, 4.69) is 26.6 Å². The molecule has 3 aliphatic heterocycles. The number of amides is 7. The molecule has 0 spiro atoms. The number of unbranched alkanes of at least 4 members (excludes halogenated alkanes) is 2. The first-order chi connectivity index (χ1) is 33.3. The number of aryl methyl sites for hydroxylation is 1. The highest BCUT2D eigenvalue weighted by molar-refractivity contribution is 6.12. The Balaban J connectivity index is 0.922. The molecular formula is C48H57FN8O13. The Morgan fingerprint density at radius 2 is 1.60 bits per heavy atom. The van der Waals surface area contributed by atoms with Gasteiger partial charge in [0.1, 0.15) is 37.6 Å². The normalized spacial score (nSPS) is 16.1. The zero-order valence-electron chi connectivity index (χ0n) is 39.4. The van der Waals surface area contributed by atoms with Crippen LogP contribution in [0.2, 0.25) is 0 Å². The van der Waals surface area contributed by atoms with Crippen LogP contribution < -0.4 is 32.1 Å². The molecule has 0 aliphatic carbocycles. The summed E-state index contributed by atoms with van der Waals surface area (Å²) in [4.78, 5) is 131. The second-order valence-electron chi connectivity index (χ2n) is 17.8. The number of ketones is 1. The highest BCUT2D eigenvalue weighted by Crippen LogP contribution is 2.40. The number of cyclic esters (lactones) is 1. The van der Waals surface area contributed by atoms with E-state index < -0.39 is 85.0 Å².